The van der Waals surface area contributed by atoms with Gasteiger partial charge in [0.25, 0.3) is 0 Å². The highest BCUT2D eigenvalue weighted by molar-refractivity contribution is 7.85. The fourth-order valence-electron chi connectivity index (χ4n) is 2.24. The maximum atomic E-state index is 12.2. The van der Waals surface area contributed by atoms with Crippen LogP contribution < -0.4 is 5.32 Å². The number of hydrogen-bond donors (Lipinski definition) is 1. The Morgan fingerprint density at radius 1 is 1.47 bits per heavy atom. The van der Waals surface area contributed by atoms with Gasteiger partial charge in [-0.2, -0.15) is 0 Å². The summed E-state index contributed by atoms with van der Waals surface area (Å²) in [5.74, 6) is 1.55. The second kappa shape index (κ2) is 6.19. The standard InChI is InChI=1S/C14H20N2O2S/c1-11-4-3-5-13(8-11)15-14(17)16-6-7-19(18)10-12(2)9-16/h3-5,8,12H,6-7,9-10H2,1-2H3,(H,15,17)/t12-,19-/m0/s1. The summed E-state index contributed by atoms with van der Waals surface area (Å²) in [6, 6.07) is 7.63. The zero-order valence-corrected chi connectivity index (χ0v) is 12.2. The molecule has 1 aromatic rings. The van der Waals surface area contributed by atoms with Crippen molar-refractivity contribution in [2.24, 2.45) is 5.92 Å². The summed E-state index contributed by atoms with van der Waals surface area (Å²) < 4.78 is 11.6. The molecule has 19 heavy (non-hydrogen) atoms. The van der Waals surface area contributed by atoms with Crippen molar-refractivity contribution >= 4 is 22.5 Å². The van der Waals surface area contributed by atoms with Gasteiger partial charge in [-0.15, -0.1) is 0 Å². The van der Waals surface area contributed by atoms with Gasteiger partial charge in [-0.1, -0.05) is 19.1 Å². The van der Waals surface area contributed by atoms with Crippen LogP contribution in [0.15, 0.2) is 24.3 Å². The molecule has 0 aromatic heterocycles. The maximum Gasteiger partial charge on any atom is 0.321 e. The third-order valence-corrected chi connectivity index (χ3v) is 4.73. The molecule has 0 radical (unpaired) electrons. The zero-order valence-electron chi connectivity index (χ0n) is 11.4. The predicted molar refractivity (Wildman–Crippen MR) is 78.8 cm³/mol. The molecule has 1 saturated heterocycles. The van der Waals surface area contributed by atoms with Crippen molar-refractivity contribution in [1.29, 1.82) is 0 Å². The average Bonchev–Trinajstić information content (AvgIpc) is 2.50. The van der Waals surface area contributed by atoms with Crippen molar-refractivity contribution in [3.63, 3.8) is 0 Å². The number of nitrogens with zero attached hydrogens (tertiary/aromatic N) is 1. The summed E-state index contributed by atoms with van der Waals surface area (Å²) in [5.41, 5.74) is 1.92. The molecule has 0 spiro atoms. The number of hydrogen-bond acceptors (Lipinski definition) is 2. The molecule has 2 amide bonds. The molecule has 2 atom stereocenters. The number of aryl methyl sites for hydroxylation is 1. The van der Waals surface area contributed by atoms with Gasteiger partial charge in [-0.05, 0) is 30.5 Å². The second-order valence-electron chi connectivity index (χ2n) is 5.16. The van der Waals surface area contributed by atoms with Crippen LogP contribution in [0.3, 0.4) is 0 Å². The molecule has 4 nitrogen and oxygen atoms in total. The van der Waals surface area contributed by atoms with E-state index in [0.29, 0.717) is 24.6 Å². The van der Waals surface area contributed by atoms with Crippen molar-refractivity contribution in [3.8, 4) is 0 Å². The molecule has 1 aliphatic rings. The van der Waals surface area contributed by atoms with E-state index >= 15 is 0 Å². The van der Waals surface area contributed by atoms with Gasteiger partial charge in [-0.3, -0.25) is 4.21 Å². The van der Waals surface area contributed by atoms with Crippen LogP contribution in [-0.2, 0) is 10.8 Å². The smallest absolute Gasteiger partial charge is 0.321 e. The van der Waals surface area contributed by atoms with E-state index in [9.17, 15) is 9.00 Å². The fraction of sp³-hybridized carbons (Fsp3) is 0.500. The number of amides is 2. The third kappa shape index (κ3) is 4.06. The Bertz CT molecular complexity index is 490. The summed E-state index contributed by atoms with van der Waals surface area (Å²) in [4.78, 5) is 14.0. The second-order valence-corrected chi connectivity index (χ2v) is 6.78. The van der Waals surface area contributed by atoms with E-state index in [4.69, 9.17) is 0 Å². The Hall–Kier alpha value is -1.36. The Kier molecular flexibility index (Phi) is 4.58. The van der Waals surface area contributed by atoms with Gasteiger partial charge in [0.2, 0.25) is 0 Å². The van der Waals surface area contributed by atoms with Crippen LogP contribution in [0, 0.1) is 12.8 Å². The fourth-order valence-corrected chi connectivity index (χ4v) is 3.57. The SMILES string of the molecule is Cc1cccc(NC(=O)N2CC[S@](=O)C[C@@H](C)C2)c1. The van der Waals surface area contributed by atoms with Crippen molar-refractivity contribution in [2.75, 3.05) is 29.9 Å². The van der Waals surface area contributed by atoms with E-state index in [2.05, 4.69) is 5.32 Å². The topological polar surface area (TPSA) is 49.4 Å². The highest BCUT2D eigenvalue weighted by atomic mass is 32.2. The first-order valence-corrected chi connectivity index (χ1v) is 8.01. The molecular formula is C14H20N2O2S. The van der Waals surface area contributed by atoms with Gasteiger partial charge in [0.05, 0.1) is 0 Å². The summed E-state index contributed by atoms with van der Waals surface area (Å²) in [5, 5.41) is 2.90. The highest BCUT2D eigenvalue weighted by Crippen LogP contribution is 2.13. The van der Waals surface area contributed by atoms with Gasteiger partial charge in [0.1, 0.15) is 0 Å². The number of nitrogens with one attached hydrogen (secondary N) is 1. The summed E-state index contributed by atoms with van der Waals surface area (Å²) in [6.45, 7) is 5.26. The first-order chi connectivity index (χ1) is 9.04. The average molecular weight is 280 g/mol. The first-order valence-electron chi connectivity index (χ1n) is 6.52. The molecular weight excluding hydrogens is 260 g/mol. The number of carbonyl (C=O) groups is 1. The van der Waals surface area contributed by atoms with E-state index in [1.165, 1.54) is 0 Å². The minimum Gasteiger partial charge on any atom is -0.323 e. The normalized spacial score (nSPS) is 23.8. The largest absolute Gasteiger partial charge is 0.323 e. The van der Waals surface area contributed by atoms with Crippen LogP contribution in [0.25, 0.3) is 0 Å². The Morgan fingerprint density at radius 3 is 3.00 bits per heavy atom. The van der Waals surface area contributed by atoms with Crippen LogP contribution in [-0.4, -0.2) is 39.7 Å². The van der Waals surface area contributed by atoms with Gasteiger partial charge in [0.15, 0.2) is 0 Å². The zero-order chi connectivity index (χ0) is 13.8. The lowest BCUT2D eigenvalue weighted by Gasteiger charge is -2.22. The van der Waals surface area contributed by atoms with E-state index in [0.717, 1.165) is 11.3 Å². The lowest BCUT2D eigenvalue weighted by atomic mass is 10.2. The molecule has 104 valence electrons. The molecule has 0 unspecified atom stereocenters. The first kappa shape index (κ1) is 14.1. The molecule has 1 fully saturated rings. The lowest BCUT2D eigenvalue weighted by Crippen LogP contribution is -2.38. The quantitative estimate of drug-likeness (QED) is 0.857. The Labute approximate surface area is 116 Å². The number of carbonyl (C=O) groups excluding carboxylic acids is 1. The van der Waals surface area contributed by atoms with Crippen molar-refractivity contribution < 1.29 is 9.00 Å². The number of urea groups is 1. The predicted octanol–water partition coefficient (Wildman–Crippen LogP) is 2.23. The molecule has 1 N–H and O–H groups in total. The van der Waals surface area contributed by atoms with Gasteiger partial charge in [0, 0.05) is 41.1 Å². The highest BCUT2D eigenvalue weighted by Gasteiger charge is 2.22. The molecule has 0 aliphatic carbocycles. The van der Waals surface area contributed by atoms with Crippen molar-refractivity contribution in [1.82, 2.24) is 4.90 Å². The molecule has 1 aliphatic heterocycles. The van der Waals surface area contributed by atoms with Gasteiger partial charge >= 0.3 is 6.03 Å². The molecule has 0 bridgehead atoms. The summed E-state index contributed by atoms with van der Waals surface area (Å²) in [7, 11) is -0.797. The summed E-state index contributed by atoms with van der Waals surface area (Å²) in [6.07, 6.45) is 0. The summed E-state index contributed by atoms with van der Waals surface area (Å²) >= 11 is 0. The third-order valence-electron chi connectivity index (χ3n) is 3.15. The van der Waals surface area contributed by atoms with Crippen molar-refractivity contribution in [2.45, 2.75) is 13.8 Å². The van der Waals surface area contributed by atoms with E-state index in [1.54, 1.807) is 4.90 Å². The van der Waals surface area contributed by atoms with Crippen LogP contribution >= 0.6 is 0 Å². The van der Waals surface area contributed by atoms with Crippen LogP contribution in [0.2, 0.25) is 0 Å². The monoisotopic (exact) mass is 280 g/mol. The Morgan fingerprint density at radius 2 is 2.26 bits per heavy atom. The van der Waals surface area contributed by atoms with E-state index in [1.807, 2.05) is 38.1 Å². The van der Waals surface area contributed by atoms with Gasteiger partial charge < -0.3 is 10.2 Å². The number of anilines is 1. The van der Waals surface area contributed by atoms with Crippen LogP contribution in [0.1, 0.15) is 12.5 Å². The minimum absolute atomic E-state index is 0.101. The van der Waals surface area contributed by atoms with Gasteiger partial charge in [-0.25, -0.2) is 4.79 Å². The van der Waals surface area contributed by atoms with Crippen LogP contribution in [0.5, 0.6) is 0 Å². The maximum absolute atomic E-state index is 12.2. The lowest BCUT2D eigenvalue weighted by molar-refractivity contribution is 0.210. The molecule has 1 aromatic carbocycles. The van der Waals surface area contributed by atoms with E-state index < -0.39 is 10.8 Å². The van der Waals surface area contributed by atoms with Crippen LogP contribution in [0.4, 0.5) is 10.5 Å². The molecule has 5 heteroatoms. The minimum atomic E-state index is -0.797. The molecule has 2 rings (SSSR count). The number of rotatable bonds is 1. The molecule has 1 heterocycles. The van der Waals surface area contributed by atoms with E-state index in [-0.39, 0.29) is 11.9 Å². The molecule has 0 saturated carbocycles. The van der Waals surface area contributed by atoms with Crippen molar-refractivity contribution in [3.05, 3.63) is 29.8 Å². The Balaban J connectivity index is 2.01. The number of benzene rings is 1.